The summed E-state index contributed by atoms with van der Waals surface area (Å²) >= 11 is 6.00. The molecule has 1 aliphatic rings. The van der Waals surface area contributed by atoms with E-state index in [0.717, 1.165) is 35.8 Å². The maximum absolute atomic E-state index is 12.8. The summed E-state index contributed by atoms with van der Waals surface area (Å²) in [5, 5.41) is 15.5. The summed E-state index contributed by atoms with van der Waals surface area (Å²) in [6.45, 7) is 0.304. The largest absolute Gasteiger partial charge is 0.358 e. The maximum Gasteiger partial charge on any atom is 0.270 e. The van der Waals surface area contributed by atoms with Crippen LogP contribution >= 0.6 is 11.6 Å². The number of rotatable bonds is 7. The molecule has 1 amide bonds. The summed E-state index contributed by atoms with van der Waals surface area (Å²) < 4.78 is 0. The number of aldehydes is 1. The number of hydrogen-bond donors (Lipinski definition) is 2. The molecule has 1 saturated carbocycles. The lowest BCUT2D eigenvalue weighted by molar-refractivity contribution is -0.109. The summed E-state index contributed by atoms with van der Waals surface area (Å²) in [4.78, 5) is 28.7. The summed E-state index contributed by atoms with van der Waals surface area (Å²) in [5.41, 5.74) is 2.75. The molecule has 0 atom stereocenters. The molecule has 0 unspecified atom stereocenters. The molecule has 0 aliphatic heterocycles. The van der Waals surface area contributed by atoms with Crippen molar-refractivity contribution in [2.75, 3.05) is 5.32 Å². The molecule has 2 N–H and O–H groups in total. The molecule has 6 nitrogen and oxygen atoms in total. The lowest BCUT2D eigenvalue weighted by Crippen LogP contribution is -2.26. The van der Waals surface area contributed by atoms with Crippen LogP contribution in [0.4, 0.5) is 5.82 Å². The Bertz CT molecular complexity index is 1160. The van der Waals surface area contributed by atoms with Crippen molar-refractivity contribution in [1.82, 2.24) is 10.3 Å². The number of anilines is 1. The van der Waals surface area contributed by atoms with E-state index in [1.807, 2.05) is 18.2 Å². The van der Waals surface area contributed by atoms with Crippen molar-refractivity contribution in [2.45, 2.75) is 24.9 Å². The Kier molecular flexibility index (Phi) is 5.70. The maximum atomic E-state index is 12.8. The molecule has 1 aromatic heterocycles. The first-order valence-corrected chi connectivity index (χ1v) is 10.2. The standard InChI is InChI=1S/C24H19ClN4O2/c25-20-7-5-18(6-8-20)19-11-21(28-22(12-19)29-24(15-30)9-10-24)23(31)27-14-17-3-1-16(13-26)2-4-17/h1-8,11-12,15H,9-10,14H2,(H,27,31)(H,28,29). The van der Waals surface area contributed by atoms with Gasteiger partial charge >= 0.3 is 0 Å². The number of carbonyl (C=O) groups excluding carboxylic acids is 2. The number of aromatic nitrogens is 1. The molecule has 1 aliphatic carbocycles. The third kappa shape index (κ3) is 4.90. The Morgan fingerprint density at radius 1 is 1.10 bits per heavy atom. The van der Waals surface area contributed by atoms with E-state index in [-0.39, 0.29) is 11.6 Å². The fourth-order valence-corrected chi connectivity index (χ4v) is 3.28. The van der Waals surface area contributed by atoms with Crippen molar-refractivity contribution in [3.8, 4) is 17.2 Å². The number of carbonyl (C=O) groups is 2. The first kappa shape index (κ1) is 20.6. The van der Waals surface area contributed by atoms with Gasteiger partial charge in [0, 0.05) is 11.6 Å². The number of nitriles is 1. The zero-order chi connectivity index (χ0) is 21.8. The number of pyridine rings is 1. The number of nitrogens with one attached hydrogen (secondary N) is 2. The van der Waals surface area contributed by atoms with Gasteiger partial charge in [0.1, 0.15) is 17.8 Å². The number of amides is 1. The lowest BCUT2D eigenvalue weighted by atomic mass is 10.1. The molecule has 1 fully saturated rings. The summed E-state index contributed by atoms with van der Waals surface area (Å²) in [6, 6.07) is 19.9. The predicted octanol–water partition coefficient (Wildman–Crippen LogP) is 4.35. The minimum atomic E-state index is -0.595. The molecule has 0 saturated heterocycles. The number of hydrogen-bond acceptors (Lipinski definition) is 5. The van der Waals surface area contributed by atoms with Gasteiger partial charge in [0.2, 0.25) is 0 Å². The van der Waals surface area contributed by atoms with E-state index in [9.17, 15) is 9.59 Å². The van der Waals surface area contributed by atoms with Crippen molar-refractivity contribution in [1.29, 1.82) is 5.26 Å². The minimum Gasteiger partial charge on any atom is -0.358 e. The Labute approximate surface area is 184 Å². The number of halogens is 1. The van der Waals surface area contributed by atoms with E-state index in [1.54, 1.807) is 42.5 Å². The minimum absolute atomic E-state index is 0.241. The van der Waals surface area contributed by atoms with Crippen LogP contribution in [-0.4, -0.2) is 22.7 Å². The molecule has 7 heteroatoms. The summed E-state index contributed by atoms with van der Waals surface area (Å²) in [7, 11) is 0. The first-order chi connectivity index (χ1) is 15.0. The van der Waals surface area contributed by atoms with Crippen LogP contribution in [0.3, 0.4) is 0 Å². The lowest BCUT2D eigenvalue weighted by Gasteiger charge is -2.14. The third-order valence-electron chi connectivity index (χ3n) is 5.16. The predicted molar refractivity (Wildman–Crippen MR) is 119 cm³/mol. The second kappa shape index (κ2) is 8.58. The fourth-order valence-electron chi connectivity index (χ4n) is 3.15. The highest BCUT2D eigenvalue weighted by atomic mass is 35.5. The summed E-state index contributed by atoms with van der Waals surface area (Å²) in [5.74, 6) is 0.139. The van der Waals surface area contributed by atoms with Crippen LogP contribution in [0.2, 0.25) is 5.02 Å². The zero-order valence-electron chi connectivity index (χ0n) is 16.6. The Hall–Kier alpha value is -3.69. The molecule has 154 valence electrons. The molecule has 1 heterocycles. The van der Waals surface area contributed by atoms with Crippen LogP contribution in [0.15, 0.2) is 60.7 Å². The van der Waals surface area contributed by atoms with Crippen molar-refractivity contribution in [3.63, 3.8) is 0 Å². The SMILES string of the molecule is N#Cc1ccc(CNC(=O)c2cc(-c3ccc(Cl)cc3)cc(NC3(C=O)CC3)n2)cc1. The van der Waals surface area contributed by atoms with E-state index < -0.39 is 5.54 Å². The average molecular weight is 431 g/mol. The quantitative estimate of drug-likeness (QED) is 0.543. The highest BCUT2D eigenvalue weighted by Gasteiger charge is 2.43. The van der Waals surface area contributed by atoms with Gasteiger partial charge in [0.15, 0.2) is 0 Å². The number of nitrogens with zero attached hydrogens (tertiary/aromatic N) is 2. The highest BCUT2D eigenvalue weighted by Crippen LogP contribution is 2.37. The van der Waals surface area contributed by atoms with E-state index in [2.05, 4.69) is 21.7 Å². The molecule has 0 spiro atoms. The highest BCUT2D eigenvalue weighted by molar-refractivity contribution is 6.30. The van der Waals surface area contributed by atoms with Crippen LogP contribution in [-0.2, 0) is 11.3 Å². The van der Waals surface area contributed by atoms with E-state index in [4.69, 9.17) is 16.9 Å². The zero-order valence-corrected chi connectivity index (χ0v) is 17.3. The van der Waals surface area contributed by atoms with Gasteiger partial charge in [0.25, 0.3) is 5.91 Å². The second-order valence-electron chi connectivity index (χ2n) is 7.52. The van der Waals surface area contributed by atoms with Gasteiger partial charge in [-0.15, -0.1) is 0 Å². The topological polar surface area (TPSA) is 94.9 Å². The van der Waals surface area contributed by atoms with Gasteiger partial charge in [0.05, 0.1) is 17.2 Å². The molecule has 2 aromatic carbocycles. The van der Waals surface area contributed by atoms with Crippen LogP contribution in [0.25, 0.3) is 11.1 Å². The van der Waals surface area contributed by atoms with E-state index in [0.29, 0.717) is 22.9 Å². The molecule has 3 aromatic rings. The molecule has 4 rings (SSSR count). The van der Waals surface area contributed by atoms with Crippen LogP contribution < -0.4 is 10.6 Å². The Morgan fingerprint density at radius 3 is 2.42 bits per heavy atom. The van der Waals surface area contributed by atoms with E-state index >= 15 is 0 Å². The van der Waals surface area contributed by atoms with Gasteiger partial charge in [-0.05, 0) is 65.9 Å². The third-order valence-corrected chi connectivity index (χ3v) is 5.41. The first-order valence-electron chi connectivity index (χ1n) is 9.80. The molecule has 0 bridgehead atoms. The van der Waals surface area contributed by atoms with Crippen LogP contribution in [0, 0.1) is 11.3 Å². The summed E-state index contributed by atoms with van der Waals surface area (Å²) in [6.07, 6.45) is 2.38. The van der Waals surface area contributed by atoms with Crippen LogP contribution in [0.5, 0.6) is 0 Å². The molecule has 0 radical (unpaired) electrons. The normalized spacial score (nSPS) is 13.7. The van der Waals surface area contributed by atoms with Crippen molar-refractivity contribution >= 4 is 29.6 Å². The van der Waals surface area contributed by atoms with Gasteiger partial charge < -0.3 is 15.4 Å². The van der Waals surface area contributed by atoms with Crippen molar-refractivity contribution in [2.24, 2.45) is 0 Å². The van der Waals surface area contributed by atoms with Gasteiger partial charge in [-0.25, -0.2) is 4.98 Å². The Balaban J connectivity index is 1.59. The van der Waals surface area contributed by atoms with Crippen molar-refractivity contribution in [3.05, 3.63) is 82.5 Å². The van der Waals surface area contributed by atoms with E-state index in [1.165, 1.54) is 0 Å². The average Bonchev–Trinajstić information content (AvgIpc) is 3.58. The number of benzene rings is 2. The molecular formula is C24H19ClN4O2. The van der Waals surface area contributed by atoms with Crippen molar-refractivity contribution < 1.29 is 9.59 Å². The Morgan fingerprint density at radius 2 is 1.81 bits per heavy atom. The van der Waals surface area contributed by atoms with Gasteiger partial charge in [-0.3, -0.25) is 4.79 Å². The van der Waals surface area contributed by atoms with Crippen LogP contribution in [0.1, 0.15) is 34.5 Å². The smallest absolute Gasteiger partial charge is 0.270 e. The molecule has 31 heavy (non-hydrogen) atoms. The molecular weight excluding hydrogens is 412 g/mol. The second-order valence-corrected chi connectivity index (χ2v) is 7.96. The monoisotopic (exact) mass is 430 g/mol. The van der Waals surface area contributed by atoms with Gasteiger partial charge in [-0.1, -0.05) is 35.9 Å². The fraction of sp³-hybridized carbons (Fsp3) is 0.167. The van der Waals surface area contributed by atoms with Gasteiger partial charge in [-0.2, -0.15) is 5.26 Å².